The summed E-state index contributed by atoms with van der Waals surface area (Å²) in [6.07, 6.45) is 5.71. The van der Waals surface area contributed by atoms with Gasteiger partial charge in [0.2, 0.25) is 11.8 Å². The second kappa shape index (κ2) is 14.2. The SMILES string of the molecule is C=CCN(C(=O)[C@@H]1[C@H]2C(=O)N(CCCCCO)C(C(=O)N(CC=C)c3ccccc3Cl)C23CC[C@H]1O3)c1ccc(OCC)cc1. The number of carbonyl (C=O) groups is 3. The van der Waals surface area contributed by atoms with E-state index in [4.69, 9.17) is 21.1 Å². The Hall–Kier alpha value is -3.66. The maximum atomic E-state index is 14.7. The van der Waals surface area contributed by atoms with Gasteiger partial charge >= 0.3 is 0 Å². The number of fused-ring (bicyclic) bond motifs is 1. The molecule has 5 atom stereocenters. The molecule has 3 saturated heterocycles. The van der Waals surface area contributed by atoms with Crippen LogP contribution in [-0.2, 0) is 19.1 Å². The van der Waals surface area contributed by atoms with Crippen molar-refractivity contribution in [2.45, 2.75) is 56.8 Å². The molecule has 240 valence electrons. The van der Waals surface area contributed by atoms with Gasteiger partial charge in [-0.2, -0.15) is 0 Å². The Balaban J connectivity index is 1.52. The number of amides is 3. The normalized spacial score (nSPS) is 24.8. The van der Waals surface area contributed by atoms with Crippen LogP contribution >= 0.6 is 11.6 Å². The Kier molecular flexibility index (Phi) is 10.3. The molecule has 45 heavy (non-hydrogen) atoms. The van der Waals surface area contributed by atoms with Crippen LogP contribution in [0.2, 0.25) is 5.02 Å². The molecule has 0 aromatic heterocycles. The van der Waals surface area contributed by atoms with Gasteiger partial charge in [-0.25, -0.2) is 0 Å². The summed E-state index contributed by atoms with van der Waals surface area (Å²) in [5.41, 5.74) is 0.0228. The minimum Gasteiger partial charge on any atom is -0.494 e. The van der Waals surface area contributed by atoms with Crippen LogP contribution in [0.15, 0.2) is 73.8 Å². The molecule has 3 heterocycles. The predicted octanol–water partition coefficient (Wildman–Crippen LogP) is 5.01. The number of unbranched alkanes of at least 4 members (excludes halogenated alkanes) is 2. The predicted molar refractivity (Wildman–Crippen MR) is 174 cm³/mol. The molecule has 2 aromatic carbocycles. The lowest BCUT2D eigenvalue weighted by Crippen LogP contribution is -2.56. The molecule has 2 aromatic rings. The minimum atomic E-state index is -1.16. The van der Waals surface area contributed by atoms with Crippen LogP contribution in [-0.4, -0.2) is 78.3 Å². The fourth-order valence-corrected chi connectivity index (χ4v) is 7.54. The Labute approximate surface area is 270 Å². The number of aliphatic hydroxyl groups is 1. The first-order valence-corrected chi connectivity index (χ1v) is 16.1. The number of nitrogens with zero attached hydrogens (tertiary/aromatic N) is 3. The van der Waals surface area contributed by atoms with E-state index in [1.54, 1.807) is 51.1 Å². The van der Waals surface area contributed by atoms with Crippen LogP contribution in [0, 0.1) is 11.8 Å². The van der Waals surface area contributed by atoms with Crippen LogP contribution in [0.5, 0.6) is 5.75 Å². The zero-order valence-electron chi connectivity index (χ0n) is 25.8. The van der Waals surface area contributed by atoms with Gasteiger partial charge < -0.3 is 29.3 Å². The van der Waals surface area contributed by atoms with Crippen LogP contribution < -0.4 is 14.5 Å². The van der Waals surface area contributed by atoms with Crippen LogP contribution in [0.4, 0.5) is 11.4 Å². The van der Waals surface area contributed by atoms with E-state index < -0.39 is 29.6 Å². The number of halogens is 1. The number of hydrogen-bond acceptors (Lipinski definition) is 6. The van der Waals surface area contributed by atoms with Crippen molar-refractivity contribution in [1.82, 2.24) is 4.90 Å². The zero-order chi connectivity index (χ0) is 32.1. The Morgan fingerprint density at radius 1 is 1.07 bits per heavy atom. The summed E-state index contributed by atoms with van der Waals surface area (Å²) >= 11 is 6.56. The zero-order valence-corrected chi connectivity index (χ0v) is 26.5. The summed E-state index contributed by atoms with van der Waals surface area (Å²) in [5.74, 6) is -1.68. The van der Waals surface area contributed by atoms with Crippen molar-refractivity contribution in [2.75, 3.05) is 42.6 Å². The van der Waals surface area contributed by atoms with Gasteiger partial charge in [0.15, 0.2) is 0 Å². The van der Waals surface area contributed by atoms with Crippen LogP contribution in [0.25, 0.3) is 0 Å². The van der Waals surface area contributed by atoms with Gasteiger partial charge in [0.1, 0.15) is 17.4 Å². The third-order valence-corrected chi connectivity index (χ3v) is 9.45. The maximum Gasteiger partial charge on any atom is 0.253 e. The van der Waals surface area contributed by atoms with Gasteiger partial charge in [0, 0.05) is 31.9 Å². The summed E-state index contributed by atoms with van der Waals surface area (Å²) < 4.78 is 12.3. The molecule has 3 aliphatic heterocycles. The monoisotopic (exact) mass is 635 g/mol. The van der Waals surface area contributed by atoms with E-state index in [-0.39, 0.29) is 37.4 Å². The molecular weight excluding hydrogens is 594 g/mol. The average Bonchev–Trinajstić information content (AvgIpc) is 3.68. The number of para-hydroxylation sites is 1. The fraction of sp³-hybridized carbons (Fsp3) is 0.457. The van der Waals surface area contributed by atoms with Gasteiger partial charge in [0.05, 0.1) is 35.3 Å². The molecule has 3 aliphatic rings. The van der Waals surface area contributed by atoms with Crippen molar-refractivity contribution in [3.8, 4) is 5.75 Å². The molecule has 1 spiro atoms. The summed E-state index contributed by atoms with van der Waals surface area (Å²) in [6.45, 7) is 10.9. The van der Waals surface area contributed by atoms with Gasteiger partial charge in [-0.05, 0) is 75.4 Å². The summed E-state index contributed by atoms with van der Waals surface area (Å²) in [4.78, 5) is 48.4. The molecule has 3 amide bonds. The standard InChI is InChI=1S/C35H42ClN3O6/c1-4-20-37(24-14-16-25(17-15-24)44-6-3)32(41)29-28-18-19-35(45-28)30(29)33(42)39(22-10-7-11-23-40)31(35)34(43)38(21-5-2)27-13-9-8-12-26(27)36/h4-5,8-9,12-17,28-31,40H,1-2,6-7,10-11,18-23H2,3H3/t28-,29+,30+,31?,35?/m1/s1. The van der Waals surface area contributed by atoms with Crippen molar-refractivity contribution in [1.29, 1.82) is 0 Å². The molecule has 10 heteroatoms. The topological polar surface area (TPSA) is 99.6 Å². The van der Waals surface area contributed by atoms with Crippen molar-refractivity contribution in [2.24, 2.45) is 11.8 Å². The molecule has 2 unspecified atom stereocenters. The first-order valence-electron chi connectivity index (χ1n) is 15.7. The van der Waals surface area contributed by atoms with Crippen LogP contribution in [0.3, 0.4) is 0 Å². The second-order valence-corrected chi connectivity index (χ2v) is 12.1. The molecule has 0 aliphatic carbocycles. The highest BCUT2D eigenvalue weighted by Crippen LogP contribution is 2.59. The summed E-state index contributed by atoms with van der Waals surface area (Å²) in [6, 6.07) is 13.4. The second-order valence-electron chi connectivity index (χ2n) is 11.7. The molecule has 9 nitrogen and oxygen atoms in total. The number of aliphatic hydroxyl groups excluding tert-OH is 1. The molecule has 5 rings (SSSR count). The summed E-state index contributed by atoms with van der Waals surface area (Å²) in [5, 5.41) is 9.74. The fourth-order valence-electron chi connectivity index (χ4n) is 7.30. The first kappa shape index (κ1) is 32.7. The number of likely N-dealkylation sites (tertiary alicyclic amines) is 1. The third-order valence-electron chi connectivity index (χ3n) is 9.13. The number of carbonyl (C=O) groups excluding carboxylic acids is 3. The highest BCUT2D eigenvalue weighted by molar-refractivity contribution is 6.34. The van der Waals surface area contributed by atoms with E-state index in [1.165, 1.54) is 0 Å². The van der Waals surface area contributed by atoms with E-state index in [0.29, 0.717) is 67.4 Å². The lowest BCUT2D eigenvalue weighted by atomic mass is 9.70. The van der Waals surface area contributed by atoms with Crippen molar-refractivity contribution >= 4 is 40.7 Å². The highest BCUT2D eigenvalue weighted by atomic mass is 35.5. The number of ether oxygens (including phenoxy) is 2. The number of anilines is 2. The van der Waals surface area contributed by atoms with Crippen molar-refractivity contribution < 1.29 is 29.0 Å². The minimum absolute atomic E-state index is 0.0501. The molecule has 0 saturated carbocycles. The van der Waals surface area contributed by atoms with Crippen molar-refractivity contribution in [3.63, 3.8) is 0 Å². The van der Waals surface area contributed by atoms with E-state index >= 15 is 0 Å². The molecule has 1 N–H and O–H groups in total. The number of benzene rings is 2. The third kappa shape index (κ3) is 6.01. The molecular formula is C35H42ClN3O6. The largest absolute Gasteiger partial charge is 0.494 e. The number of hydrogen-bond donors (Lipinski definition) is 1. The highest BCUT2D eigenvalue weighted by Gasteiger charge is 2.75. The smallest absolute Gasteiger partial charge is 0.253 e. The molecule has 2 bridgehead atoms. The maximum absolute atomic E-state index is 14.7. The van der Waals surface area contributed by atoms with Gasteiger partial charge in [0.25, 0.3) is 5.91 Å². The first-order chi connectivity index (χ1) is 21.8. The Bertz CT molecular complexity index is 1420. The van der Waals surface area contributed by atoms with Gasteiger partial charge in [-0.1, -0.05) is 35.9 Å². The quantitative estimate of drug-likeness (QED) is 0.218. The summed E-state index contributed by atoms with van der Waals surface area (Å²) in [7, 11) is 0. The average molecular weight is 636 g/mol. The number of rotatable bonds is 15. The van der Waals surface area contributed by atoms with E-state index in [1.807, 2.05) is 31.2 Å². The van der Waals surface area contributed by atoms with E-state index in [9.17, 15) is 19.5 Å². The Morgan fingerprint density at radius 2 is 1.78 bits per heavy atom. The molecule has 0 radical (unpaired) electrons. The Morgan fingerprint density at radius 3 is 2.44 bits per heavy atom. The lowest BCUT2D eigenvalue weighted by molar-refractivity contribution is -0.140. The lowest BCUT2D eigenvalue weighted by Gasteiger charge is -2.37. The van der Waals surface area contributed by atoms with E-state index in [0.717, 1.165) is 0 Å². The van der Waals surface area contributed by atoms with Gasteiger partial charge in [-0.15, -0.1) is 13.2 Å². The van der Waals surface area contributed by atoms with E-state index in [2.05, 4.69) is 13.2 Å². The van der Waals surface area contributed by atoms with Crippen LogP contribution in [0.1, 0.15) is 39.0 Å². The van der Waals surface area contributed by atoms with Gasteiger partial charge in [-0.3, -0.25) is 14.4 Å². The molecule has 3 fully saturated rings. The van der Waals surface area contributed by atoms with Crippen molar-refractivity contribution in [3.05, 3.63) is 78.9 Å².